The van der Waals surface area contributed by atoms with Crippen molar-refractivity contribution in [1.29, 1.82) is 0 Å². The monoisotopic (exact) mass is 182 g/mol. The maximum Gasteiger partial charge on any atom is 0.160 e. The number of ether oxygens (including phenoxy) is 1. The van der Waals surface area contributed by atoms with E-state index >= 15 is 0 Å². The van der Waals surface area contributed by atoms with Crippen molar-refractivity contribution in [2.45, 2.75) is 20.5 Å². The molecule has 0 saturated carbocycles. The number of hydrogen-bond donors (Lipinski definition) is 0. The number of ketones is 1. The van der Waals surface area contributed by atoms with E-state index in [0.717, 1.165) is 5.76 Å². The third-order valence-corrected chi connectivity index (χ3v) is 1.71. The van der Waals surface area contributed by atoms with Gasteiger partial charge in [-0.3, -0.25) is 4.79 Å². The molecule has 0 aliphatic rings. The van der Waals surface area contributed by atoms with Gasteiger partial charge in [-0.05, 0) is 12.1 Å². The molecule has 13 heavy (non-hydrogen) atoms. The smallest absolute Gasteiger partial charge is 0.160 e. The molecule has 0 aliphatic heterocycles. The van der Waals surface area contributed by atoms with E-state index in [2.05, 4.69) is 0 Å². The summed E-state index contributed by atoms with van der Waals surface area (Å²) < 4.78 is 10.2. The molecule has 0 atom stereocenters. The Labute approximate surface area is 77.7 Å². The molecule has 1 aromatic heterocycles. The van der Waals surface area contributed by atoms with Crippen LogP contribution in [0.15, 0.2) is 22.8 Å². The third-order valence-electron chi connectivity index (χ3n) is 1.71. The Hall–Kier alpha value is -1.09. The van der Waals surface area contributed by atoms with Gasteiger partial charge in [-0.2, -0.15) is 0 Å². The van der Waals surface area contributed by atoms with E-state index in [1.807, 2.05) is 19.9 Å². The maximum absolute atomic E-state index is 11.1. The predicted molar refractivity (Wildman–Crippen MR) is 48.2 cm³/mol. The Morgan fingerprint density at radius 1 is 1.62 bits per heavy atom. The summed E-state index contributed by atoms with van der Waals surface area (Å²) in [5, 5.41) is 0. The number of hydrogen-bond acceptors (Lipinski definition) is 3. The summed E-state index contributed by atoms with van der Waals surface area (Å²) >= 11 is 0. The second kappa shape index (κ2) is 4.82. The highest BCUT2D eigenvalue weighted by Crippen LogP contribution is 2.02. The molecule has 0 amide bonds. The topological polar surface area (TPSA) is 39.4 Å². The average Bonchev–Trinajstić information content (AvgIpc) is 2.56. The number of carbonyl (C=O) groups is 1. The van der Waals surface area contributed by atoms with Gasteiger partial charge in [0.15, 0.2) is 5.78 Å². The van der Waals surface area contributed by atoms with Crippen LogP contribution in [0.4, 0.5) is 0 Å². The van der Waals surface area contributed by atoms with Crippen LogP contribution >= 0.6 is 0 Å². The molecule has 0 fully saturated rings. The van der Waals surface area contributed by atoms with Gasteiger partial charge in [0, 0.05) is 5.92 Å². The second-order valence-corrected chi connectivity index (χ2v) is 3.19. The zero-order valence-corrected chi connectivity index (χ0v) is 7.95. The highest BCUT2D eigenvalue weighted by molar-refractivity contribution is 5.81. The van der Waals surface area contributed by atoms with E-state index < -0.39 is 0 Å². The molecule has 1 aromatic rings. The summed E-state index contributed by atoms with van der Waals surface area (Å²) in [5.74, 6) is 0.903. The van der Waals surface area contributed by atoms with Gasteiger partial charge in [0.2, 0.25) is 0 Å². The SMILES string of the molecule is CC(C)C(=O)COCc1ccco1. The van der Waals surface area contributed by atoms with Crippen molar-refractivity contribution in [3.05, 3.63) is 24.2 Å². The zero-order valence-electron chi connectivity index (χ0n) is 7.95. The molecule has 72 valence electrons. The molecule has 1 rings (SSSR count). The van der Waals surface area contributed by atoms with Crippen molar-refractivity contribution in [3.8, 4) is 0 Å². The molecule has 0 saturated heterocycles. The lowest BCUT2D eigenvalue weighted by Gasteiger charge is -2.03. The van der Waals surface area contributed by atoms with Crippen molar-refractivity contribution in [2.75, 3.05) is 6.61 Å². The highest BCUT2D eigenvalue weighted by atomic mass is 16.5. The Balaban J connectivity index is 2.18. The van der Waals surface area contributed by atoms with Crippen LogP contribution in [0.1, 0.15) is 19.6 Å². The van der Waals surface area contributed by atoms with Gasteiger partial charge in [-0.15, -0.1) is 0 Å². The summed E-state index contributed by atoms with van der Waals surface area (Å²) in [6.07, 6.45) is 1.59. The van der Waals surface area contributed by atoms with Crippen molar-refractivity contribution in [3.63, 3.8) is 0 Å². The Kier molecular flexibility index (Phi) is 3.71. The zero-order chi connectivity index (χ0) is 9.68. The molecule has 0 N–H and O–H groups in total. The van der Waals surface area contributed by atoms with Crippen LogP contribution in [0, 0.1) is 5.92 Å². The van der Waals surface area contributed by atoms with Crippen LogP contribution in [-0.4, -0.2) is 12.4 Å². The first-order valence-electron chi connectivity index (χ1n) is 4.33. The van der Waals surface area contributed by atoms with Crippen molar-refractivity contribution in [1.82, 2.24) is 0 Å². The molecule has 0 unspecified atom stereocenters. The van der Waals surface area contributed by atoms with E-state index in [1.165, 1.54) is 0 Å². The Morgan fingerprint density at radius 2 is 2.38 bits per heavy atom. The predicted octanol–water partition coefficient (Wildman–Crippen LogP) is 2.02. The Bertz CT molecular complexity index is 249. The number of carbonyl (C=O) groups excluding carboxylic acids is 1. The van der Waals surface area contributed by atoms with E-state index in [9.17, 15) is 4.79 Å². The summed E-state index contributed by atoms with van der Waals surface area (Å²) in [4.78, 5) is 11.1. The van der Waals surface area contributed by atoms with Crippen LogP contribution in [0.25, 0.3) is 0 Å². The quantitative estimate of drug-likeness (QED) is 0.699. The summed E-state index contributed by atoms with van der Waals surface area (Å²) in [6, 6.07) is 3.61. The largest absolute Gasteiger partial charge is 0.467 e. The van der Waals surface area contributed by atoms with Gasteiger partial charge >= 0.3 is 0 Å². The molecule has 3 heteroatoms. The molecule has 3 nitrogen and oxygen atoms in total. The number of rotatable bonds is 5. The summed E-state index contributed by atoms with van der Waals surface area (Å²) in [6.45, 7) is 4.25. The molecule has 0 aromatic carbocycles. The molecular formula is C10H14O3. The van der Waals surface area contributed by atoms with E-state index in [0.29, 0.717) is 6.61 Å². The number of Topliss-reactive ketones (excluding diaryl/α,β-unsaturated/α-hetero) is 1. The minimum atomic E-state index is 0.0385. The standard InChI is InChI=1S/C10H14O3/c1-8(2)10(11)7-12-6-9-4-3-5-13-9/h3-5,8H,6-7H2,1-2H3. The lowest BCUT2D eigenvalue weighted by atomic mass is 10.1. The molecule has 1 heterocycles. The Morgan fingerprint density at radius 3 is 2.92 bits per heavy atom. The van der Waals surface area contributed by atoms with Crippen LogP contribution in [0.5, 0.6) is 0 Å². The van der Waals surface area contributed by atoms with Crippen molar-refractivity contribution >= 4 is 5.78 Å². The fourth-order valence-electron chi connectivity index (χ4n) is 0.814. The van der Waals surface area contributed by atoms with Crippen molar-refractivity contribution < 1.29 is 13.9 Å². The minimum Gasteiger partial charge on any atom is -0.467 e. The summed E-state index contributed by atoms with van der Waals surface area (Å²) in [7, 11) is 0. The minimum absolute atomic E-state index is 0.0385. The van der Waals surface area contributed by atoms with Gasteiger partial charge < -0.3 is 9.15 Å². The number of furan rings is 1. The second-order valence-electron chi connectivity index (χ2n) is 3.19. The van der Waals surface area contributed by atoms with Crippen molar-refractivity contribution in [2.24, 2.45) is 5.92 Å². The molecule has 0 spiro atoms. The van der Waals surface area contributed by atoms with E-state index in [4.69, 9.17) is 9.15 Å². The third kappa shape index (κ3) is 3.42. The molecule has 0 bridgehead atoms. The highest BCUT2D eigenvalue weighted by Gasteiger charge is 2.07. The van der Waals surface area contributed by atoms with Gasteiger partial charge in [0.25, 0.3) is 0 Å². The van der Waals surface area contributed by atoms with Gasteiger partial charge in [0.05, 0.1) is 6.26 Å². The first-order chi connectivity index (χ1) is 6.20. The van der Waals surface area contributed by atoms with Gasteiger partial charge in [-0.25, -0.2) is 0 Å². The van der Waals surface area contributed by atoms with Gasteiger partial charge in [0.1, 0.15) is 19.0 Å². The average molecular weight is 182 g/mol. The molecular weight excluding hydrogens is 168 g/mol. The molecule has 0 aliphatic carbocycles. The summed E-state index contributed by atoms with van der Waals surface area (Å²) in [5.41, 5.74) is 0. The lowest BCUT2D eigenvalue weighted by Crippen LogP contribution is -2.14. The lowest BCUT2D eigenvalue weighted by molar-refractivity contribution is -0.127. The first kappa shape index (κ1) is 9.99. The van der Waals surface area contributed by atoms with E-state index in [1.54, 1.807) is 12.3 Å². The van der Waals surface area contributed by atoms with E-state index in [-0.39, 0.29) is 18.3 Å². The van der Waals surface area contributed by atoms with Crippen LogP contribution in [0.3, 0.4) is 0 Å². The van der Waals surface area contributed by atoms with Gasteiger partial charge in [-0.1, -0.05) is 13.8 Å². The molecule has 0 radical (unpaired) electrons. The van der Waals surface area contributed by atoms with Crippen LogP contribution < -0.4 is 0 Å². The van der Waals surface area contributed by atoms with Crippen LogP contribution in [0.2, 0.25) is 0 Å². The maximum atomic E-state index is 11.1. The normalized spacial score (nSPS) is 10.7. The first-order valence-corrected chi connectivity index (χ1v) is 4.33. The fraction of sp³-hybridized carbons (Fsp3) is 0.500. The fourth-order valence-corrected chi connectivity index (χ4v) is 0.814. The van der Waals surface area contributed by atoms with Crippen LogP contribution in [-0.2, 0) is 16.1 Å².